The van der Waals surface area contributed by atoms with Gasteiger partial charge in [0, 0.05) is 10.7 Å². The molecule has 2 rings (SSSR count). The molecule has 22 heavy (non-hydrogen) atoms. The van der Waals surface area contributed by atoms with E-state index < -0.39 is 17.0 Å². The van der Waals surface area contributed by atoms with Crippen molar-refractivity contribution in [1.82, 2.24) is 0 Å². The van der Waals surface area contributed by atoms with Gasteiger partial charge in [0.2, 0.25) is 0 Å². The number of aromatic carboxylic acids is 1. The van der Waals surface area contributed by atoms with Gasteiger partial charge in [0.1, 0.15) is 0 Å². The average Bonchev–Trinajstić information content (AvgIpc) is 2.47. The normalized spacial score (nSPS) is 12.0. The molecule has 0 radical (unpaired) electrons. The van der Waals surface area contributed by atoms with Crippen molar-refractivity contribution in [3.8, 4) is 0 Å². The average molecular weight is 359 g/mol. The Balaban J connectivity index is 2.62. The lowest BCUT2D eigenvalue weighted by Gasteiger charge is -2.27. The zero-order valence-corrected chi connectivity index (χ0v) is 13.4. The van der Waals surface area contributed by atoms with Crippen LogP contribution >= 0.6 is 23.2 Å². The van der Waals surface area contributed by atoms with Crippen LogP contribution in [0.1, 0.15) is 10.4 Å². The molecule has 116 valence electrons. The van der Waals surface area contributed by atoms with Crippen molar-refractivity contribution < 1.29 is 18.7 Å². The first-order valence-electron chi connectivity index (χ1n) is 6.01. The fourth-order valence-electron chi connectivity index (χ4n) is 1.92. The summed E-state index contributed by atoms with van der Waals surface area (Å²) in [4.78, 5) is 12.6. The van der Waals surface area contributed by atoms with E-state index in [0.29, 0.717) is 5.69 Å². The molecular formula is C14H10Cl2NO4S-. The summed E-state index contributed by atoms with van der Waals surface area (Å²) >= 11 is 9.65. The lowest BCUT2D eigenvalue weighted by molar-refractivity contribution is 0.0697. The highest BCUT2D eigenvalue weighted by Gasteiger charge is 2.19. The van der Waals surface area contributed by atoms with Crippen molar-refractivity contribution in [2.45, 2.75) is 0 Å². The monoisotopic (exact) mass is 358 g/mol. The number of benzene rings is 2. The van der Waals surface area contributed by atoms with Crippen molar-refractivity contribution in [2.75, 3.05) is 10.8 Å². The van der Waals surface area contributed by atoms with Crippen LogP contribution in [-0.2, 0) is 11.1 Å². The van der Waals surface area contributed by atoms with Crippen molar-refractivity contribution in [3.05, 3.63) is 58.1 Å². The van der Waals surface area contributed by atoms with Crippen LogP contribution in [0.3, 0.4) is 0 Å². The Morgan fingerprint density at radius 1 is 1.23 bits per heavy atom. The number of carbonyl (C=O) groups is 1. The van der Waals surface area contributed by atoms with E-state index >= 15 is 0 Å². The first-order valence-corrected chi connectivity index (χ1v) is 8.01. The smallest absolute Gasteiger partial charge is 0.337 e. The lowest BCUT2D eigenvalue weighted by Crippen LogP contribution is -2.22. The summed E-state index contributed by atoms with van der Waals surface area (Å²) < 4.78 is 22.3. The first kappa shape index (κ1) is 16.8. The Hall–Kier alpha value is -1.60. The molecular weight excluding hydrogens is 349 g/mol. The Kier molecular flexibility index (Phi) is 5.42. The van der Waals surface area contributed by atoms with E-state index in [4.69, 9.17) is 28.3 Å². The van der Waals surface area contributed by atoms with Crippen LogP contribution in [0.4, 0.5) is 11.4 Å². The van der Waals surface area contributed by atoms with Gasteiger partial charge in [-0.05, 0) is 35.3 Å². The number of nitrogens with zero attached hydrogens (tertiary/aromatic N) is 1. The topological polar surface area (TPSA) is 80.7 Å². The molecule has 0 aliphatic rings. The molecule has 0 bridgehead atoms. The zero-order chi connectivity index (χ0) is 16.3. The van der Waals surface area contributed by atoms with E-state index in [-0.39, 0.29) is 27.2 Å². The lowest BCUT2D eigenvalue weighted by atomic mass is 10.1. The van der Waals surface area contributed by atoms with Gasteiger partial charge in [-0.15, -0.1) is 0 Å². The van der Waals surface area contributed by atoms with Crippen molar-refractivity contribution in [3.63, 3.8) is 0 Å². The molecule has 8 heteroatoms. The molecule has 2 aromatic carbocycles. The molecule has 5 nitrogen and oxygen atoms in total. The maximum Gasteiger partial charge on any atom is 0.337 e. The molecule has 0 spiro atoms. The predicted octanol–water partition coefficient (Wildman–Crippen LogP) is 3.67. The van der Waals surface area contributed by atoms with Crippen LogP contribution in [0.15, 0.2) is 42.5 Å². The van der Waals surface area contributed by atoms with Crippen LogP contribution in [0.25, 0.3) is 0 Å². The third kappa shape index (κ3) is 3.78. The summed E-state index contributed by atoms with van der Waals surface area (Å²) in [5.41, 5.74) is 0.566. The quantitative estimate of drug-likeness (QED) is 0.824. The van der Waals surface area contributed by atoms with Crippen molar-refractivity contribution in [2.24, 2.45) is 0 Å². The van der Waals surface area contributed by atoms with Gasteiger partial charge >= 0.3 is 5.97 Å². The number of anilines is 2. The van der Waals surface area contributed by atoms with E-state index in [9.17, 15) is 13.6 Å². The zero-order valence-electron chi connectivity index (χ0n) is 11.0. The Morgan fingerprint density at radius 3 is 2.41 bits per heavy atom. The second-order valence-electron chi connectivity index (χ2n) is 4.29. The van der Waals surface area contributed by atoms with Crippen LogP contribution in [0.2, 0.25) is 10.0 Å². The highest BCUT2D eigenvalue weighted by atomic mass is 35.5. The van der Waals surface area contributed by atoms with Gasteiger partial charge in [-0.1, -0.05) is 41.4 Å². The molecule has 0 aromatic heterocycles. The standard InChI is InChI=1S/C14H11Cl2NO4S/c15-9-6-11(14(18)19)13(16)12(7-9)17(8-22(20)21)10-4-2-1-3-5-10/h1-7H,8H2,(H,18,19)(H,20,21)/p-1. The Labute approximate surface area is 139 Å². The number of hydrogen-bond donors (Lipinski definition) is 1. The molecule has 1 unspecified atom stereocenters. The maximum absolute atomic E-state index is 11.2. The number of carboxylic acids is 1. The number of para-hydroxylation sites is 1. The van der Waals surface area contributed by atoms with Gasteiger partial charge in [0.05, 0.1) is 22.2 Å². The Morgan fingerprint density at radius 2 is 1.86 bits per heavy atom. The Bertz CT molecular complexity index is 724. The molecule has 1 atom stereocenters. The van der Waals surface area contributed by atoms with Gasteiger partial charge < -0.3 is 14.6 Å². The van der Waals surface area contributed by atoms with Crippen LogP contribution < -0.4 is 4.90 Å². The molecule has 0 amide bonds. The molecule has 0 aliphatic heterocycles. The third-order valence-electron chi connectivity index (χ3n) is 2.84. The fraction of sp³-hybridized carbons (Fsp3) is 0.0714. The summed E-state index contributed by atoms with van der Waals surface area (Å²) in [6.07, 6.45) is 0. The van der Waals surface area contributed by atoms with Gasteiger partial charge in [-0.2, -0.15) is 0 Å². The van der Waals surface area contributed by atoms with Crippen LogP contribution in [-0.4, -0.2) is 25.7 Å². The van der Waals surface area contributed by atoms with Crippen molar-refractivity contribution >= 4 is 51.6 Å². The predicted molar refractivity (Wildman–Crippen MR) is 85.8 cm³/mol. The van der Waals surface area contributed by atoms with Crippen LogP contribution in [0, 0.1) is 0 Å². The minimum absolute atomic E-state index is 0.0776. The SMILES string of the molecule is O=C(O)c1cc(Cl)cc(N(CS(=O)[O-])c2ccccc2)c1Cl. The van der Waals surface area contributed by atoms with Gasteiger partial charge in [0.15, 0.2) is 0 Å². The van der Waals surface area contributed by atoms with Gasteiger partial charge in [-0.25, -0.2) is 4.79 Å². The number of rotatable bonds is 5. The van der Waals surface area contributed by atoms with E-state index in [1.165, 1.54) is 17.0 Å². The third-order valence-corrected chi connectivity index (χ3v) is 3.93. The second-order valence-corrected chi connectivity index (χ2v) is 5.97. The van der Waals surface area contributed by atoms with Crippen LogP contribution in [0.5, 0.6) is 0 Å². The fourth-order valence-corrected chi connectivity index (χ4v) is 2.93. The largest absolute Gasteiger partial charge is 0.771 e. The first-order chi connectivity index (χ1) is 10.4. The highest BCUT2D eigenvalue weighted by molar-refractivity contribution is 7.79. The van der Waals surface area contributed by atoms with E-state index in [1.54, 1.807) is 30.3 Å². The maximum atomic E-state index is 11.2. The summed E-state index contributed by atoms with van der Waals surface area (Å²) in [5.74, 6) is -1.63. The molecule has 0 fully saturated rings. The second kappa shape index (κ2) is 7.11. The molecule has 0 aliphatic carbocycles. The van der Waals surface area contributed by atoms with E-state index in [1.807, 2.05) is 0 Å². The van der Waals surface area contributed by atoms with Gasteiger partial charge in [-0.3, -0.25) is 4.21 Å². The molecule has 1 N–H and O–H groups in total. The minimum atomic E-state index is -2.40. The summed E-state index contributed by atoms with van der Waals surface area (Å²) in [6, 6.07) is 11.2. The molecule has 2 aromatic rings. The number of hydrogen-bond acceptors (Lipinski definition) is 4. The molecule has 0 saturated carbocycles. The molecule has 0 heterocycles. The van der Waals surface area contributed by atoms with E-state index in [0.717, 1.165) is 0 Å². The van der Waals surface area contributed by atoms with Gasteiger partial charge in [0.25, 0.3) is 0 Å². The highest BCUT2D eigenvalue weighted by Crippen LogP contribution is 2.36. The van der Waals surface area contributed by atoms with E-state index in [2.05, 4.69) is 0 Å². The summed E-state index contributed by atoms with van der Waals surface area (Å²) in [6.45, 7) is 0. The number of carboxylic acid groups (broad SMARTS) is 1. The summed E-state index contributed by atoms with van der Waals surface area (Å²) in [5, 5.41) is 9.24. The number of halogens is 2. The molecule has 0 saturated heterocycles. The minimum Gasteiger partial charge on any atom is -0.771 e. The van der Waals surface area contributed by atoms with Crippen molar-refractivity contribution in [1.29, 1.82) is 0 Å². The summed E-state index contributed by atoms with van der Waals surface area (Å²) in [7, 11) is 0.